The molecule has 0 saturated carbocycles. The van der Waals surface area contributed by atoms with Gasteiger partial charge in [0.15, 0.2) is 0 Å². The number of hydrogen-bond donors (Lipinski definition) is 2. The third kappa shape index (κ3) is 26.6. The van der Waals surface area contributed by atoms with Gasteiger partial charge in [-0.15, -0.1) is 0 Å². The summed E-state index contributed by atoms with van der Waals surface area (Å²) in [6, 6.07) is -0.423. The highest BCUT2D eigenvalue weighted by molar-refractivity contribution is 7.52. The molecule has 0 aliphatic carbocycles. The number of nitrogens with one attached hydrogen (secondary N) is 1. The van der Waals surface area contributed by atoms with E-state index in [-0.39, 0.29) is 25.3 Å². The lowest BCUT2D eigenvalue weighted by molar-refractivity contribution is -0.867. The van der Waals surface area contributed by atoms with E-state index in [1.165, 1.54) is 96.8 Å². The van der Waals surface area contributed by atoms with Gasteiger partial charge in [0.05, 0.1) is 53.1 Å². The zero-order valence-electron chi connectivity index (χ0n) is 24.4. The van der Waals surface area contributed by atoms with Crippen LogP contribution in [0.25, 0.3) is 0 Å². The maximum Gasteiger partial charge on any atom is 0.333 e. The molecule has 216 valence electrons. The molecule has 0 saturated heterocycles. The zero-order chi connectivity index (χ0) is 27.1. The van der Waals surface area contributed by atoms with Crippen molar-refractivity contribution < 1.29 is 28.0 Å². The van der Waals surface area contributed by atoms with Crippen molar-refractivity contribution in [3.63, 3.8) is 0 Å². The second kappa shape index (κ2) is 22.5. The molecule has 2 unspecified atom stereocenters. The van der Waals surface area contributed by atoms with Gasteiger partial charge < -0.3 is 24.0 Å². The summed E-state index contributed by atoms with van der Waals surface area (Å²) in [6.45, 7) is 5.13. The first kappa shape index (κ1) is 35.5. The van der Waals surface area contributed by atoms with Crippen molar-refractivity contribution in [2.45, 2.75) is 123 Å². The van der Waals surface area contributed by atoms with E-state index < -0.39 is 13.6 Å². The minimum absolute atomic E-state index is 0.0243. The van der Waals surface area contributed by atoms with Crippen LogP contribution in [0.4, 0.5) is 0 Å². The van der Waals surface area contributed by atoms with E-state index >= 15 is 0 Å². The fourth-order valence-electron chi connectivity index (χ4n) is 4.09. The predicted octanol–water partition coefficient (Wildman–Crippen LogP) is 6.68. The summed E-state index contributed by atoms with van der Waals surface area (Å²) in [7, 11) is 2.21. The first-order valence-electron chi connectivity index (χ1n) is 14.7. The molecule has 1 amide bonds. The van der Waals surface area contributed by atoms with Crippen LogP contribution in [-0.2, 0) is 18.6 Å². The molecule has 36 heavy (non-hydrogen) atoms. The maximum atomic E-state index is 12.3. The Labute approximate surface area is 223 Å². The molecule has 0 bridgehead atoms. The fourth-order valence-corrected chi connectivity index (χ4v) is 5.49. The zero-order valence-corrected chi connectivity index (χ0v) is 25.3. The molecule has 0 aliphatic heterocycles. The van der Waals surface area contributed by atoms with Gasteiger partial charge in [-0.2, -0.15) is 0 Å². The van der Waals surface area contributed by atoms with Crippen molar-refractivity contribution in [3.05, 3.63) is 0 Å². The number of carbonyl (C=O) groups is 1. The monoisotopic (exact) mass is 535 g/mol. The van der Waals surface area contributed by atoms with E-state index in [2.05, 4.69) is 12.2 Å². The number of ether oxygens (including phenoxy) is 1. The summed E-state index contributed by atoms with van der Waals surface area (Å²) < 4.78 is 23.9. The van der Waals surface area contributed by atoms with Gasteiger partial charge in [0, 0.05) is 13.5 Å². The highest BCUT2D eigenvalue weighted by atomic mass is 31.2. The third-order valence-corrected chi connectivity index (χ3v) is 7.72. The third-order valence-electron chi connectivity index (χ3n) is 6.40. The topological polar surface area (TPSA) is 84.9 Å². The van der Waals surface area contributed by atoms with Gasteiger partial charge in [0.2, 0.25) is 5.91 Å². The Morgan fingerprint density at radius 3 is 1.67 bits per heavy atom. The molecular formula is C28H60N2O5P+. The molecule has 0 spiro atoms. The van der Waals surface area contributed by atoms with Crippen LogP contribution >= 0.6 is 7.60 Å². The number of rotatable bonds is 26. The SMILES string of the molecule is CCCCCCCCCCCCCCCCCCOCC(COP(=O)(O)CC[N+](C)(C)C)NC(C)=O. The molecule has 2 N–H and O–H groups in total. The van der Waals surface area contributed by atoms with Crippen LogP contribution in [0.2, 0.25) is 0 Å². The second-order valence-electron chi connectivity index (χ2n) is 11.4. The fraction of sp³-hybridized carbons (Fsp3) is 0.964. The summed E-state index contributed by atoms with van der Waals surface area (Å²) in [5, 5.41) is 2.76. The molecule has 8 heteroatoms. The predicted molar refractivity (Wildman–Crippen MR) is 152 cm³/mol. The smallest absolute Gasteiger partial charge is 0.333 e. The van der Waals surface area contributed by atoms with Crippen molar-refractivity contribution in [3.8, 4) is 0 Å². The molecule has 0 aromatic carbocycles. The standard InChI is InChI=1S/C28H59N2O5P/c1-6-7-8-9-10-11-12-13-14-15-16-17-18-19-20-21-23-34-25-28(29-27(2)31)26-35-36(32,33)24-22-30(3,4)5/h28H,6-26H2,1-5H3,(H-,29,31,32,33)/p+1. The first-order chi connectivity index (χ1) is 17.1. The Balaban J connectivity index is 3.69. The normalized spacial score (nSPS) is 14.5. The average molecular weight is 536 g/mol. The lowest BCUT2D eigenvalue weighted by atomic mass is 10.0. The van der Waals surface area contributed by atoms with Crippen molar-refractivity contribution >= 4 is 13.5 Å². The van der Waals surface area contributed by atoms with E-state index in [0.29, 0.717) is 17.6 Å². The summed E-state index contributed by atoms with van der Waals surface area (Å²) in [4.78, 5) is 21.5. The number of amides is 1. The quantitative estimate of drug-likeness (QED) is 0.0733. The molecule has 0 aromatic heterocycles. The van der Waals surface area contributed by atoms with Gasteiger partial charge in [-0.3, -0.25) is 9.36 Å². The van der Waals surface area contributed by atoms with Crippen molar-refractivity contribution in [2.24, 2.45) is 0 Å². The lowest BCUT2D eigenvalue weighted by Crippen LogP contribution is -2.40. The van der Waals surface area contributed by atoms with Crippen LogP contribution in [0.5, 0.6) is 0 Å². The van der Waals surface area contributed by atoms with Crippen LogP contribution in [0.15, 0.2) is 0 Å². The number of unbranched alkanes of at least 4 members (excludes halogenated alkanes) is 15. The van der Waals surface area contributed by atoms with Gasteiger partial charge in [-0.05, 0) is 6.42 Å². The van der Waals surface area contributed by atoms with Crippen LogP contribution in [-0.4, -0.2) is 75.0 Å². The van der Waals surface area contributed by atoms with Crippen LogP contribution in [0.1, 0.15) is 117 Å². The van der Waals surface area contributed by atoms with Gasteiger partial charge in [-0.25, -0.2) is 0 Å². The van der Waals surface area contributed by atoms with Crippen molar-refractivity contribution in [1.29, 1.82) is 0 Å². The summed E-state index contributed by atoms with van der Waals surface area (Å²) >= 11 is 0. The van der Waals surface area contributed by atoms with E-state index in [1.54, 1.807) is 0 Å². The molecule has 0 rings (SSSR count). The molecule has 0 radical (unpaired) electrons. The van der Waals surface area contributed by atoms with Crippen LogP contribution < -0.4 is 5.32 Å². The molecule has 0 aromatic rings. The summed E-state index contributed by atoms with van der Waals surface area (Å²) in [5.41, 5.74) is 0. The van der Waals surface area contributed by atoms with E-state index in [0.717, 1.165) is 12.8 Å². The Kier molecular flexibility index (Phi) is 22.2. The minimum Gasteiger partial charge on any atom is -0.379 e. The van der Waals surface area contributed by atoms with Gasteiger partial charge in [0.25, 0.3) is 0 Å². The Bertz CT molecular complexity index is 569. The Hall–Kier alpha value is -0.460. The number of hydrogen-bond acceptors (Lipinski definition) is 4. The summed E-state index contributed by atoms with van der Waals surface area (Å²) in [6.07, 6.45) is 21.4. The van der Waals surface area contributed by atoms with E-state index in [4.69, 9.17) is 9.26 Å². The Morgan fingerprint density at radius 1 is 0.806 bits per heavy atom. The highest BCUT2D eigenvalue weighted by Crippen LogP contribution is 2.41. The largest absolute Gasteiger partial charge is 0.379 e. The minimum atomic E-state index is -3.69. The highest BCUT2D eigenvalue weighted by Gasteiger charge is 2.25. The number of carbonyl (C=O) groups excluding carboxylic acids is 1. The molecule has 2 atom stereocenters. The molecule has 0 fully saturated rings. The van der Waals surface area contributed by atoms with Crippen LogP contribution in [0, 0.1) is 0 Å². The van der Waals surface area contributed by atoms with Crippen LogP contribution in [0.3, 0.4) is 0 Å². The van der Waals surface area contributed by atoms with Crippen molar-refractivity contribution in [2.75, 3.05) is 53.7 Å². The molecule has 0 aliphatic rings. The maximum absolute atomic E-state index is 12.3. The molecule has 0 heterocycles. The average Bonchev–Trinajstić information content (AvgIpc) is 2.79. The number of quaternary nitrogens is 1. The first-order valence-corrected chi connectivity index (χ1v) is 16.4. The van der Waals surface area contributed by atoms with Gasteiger partial charge >= 0.3 is 7.60 Å². The van der Waals surface area contributed by atoms with E-state index in [1.807, 2.05) is 21.1 Å². The molecule has 7 nitrogen and oxygen atoms in total. The molecular weight excluding hydrogens is 475 g/mol. The second-order valence-corrected chi connectivity index (χ2v) is 13.4. The van der Waals surface area contributed by atoms with E-state index in [9.17, 15) is 14.3 Å². The van der Waals surface area contributed by atoms with Crippen molar-refractivity contribution in [1.82, 2.24) is 5.32 Å². The lowest BCUT2D eigenvalue weighted by Gasteiger charge is -2.25. The van der Waals surface area contributed by atoms with Gasteiger partial charge in [0.1, 0.15) is 0 Å². The number of nitrogens with zero attached hydrogens (tertiary/aromatic N) is 1. The summed E-state index contributed by atoms with van der Waals surface area (Å²) in [5.74, 6) is -0.200. The van der Waals surface area contributed by atoms with Gasteiger partial charge in [-0.1, -0.05) is 103 Å². The Morgan fingerprint density at radius 2 is 1.25 bits per heavy atom.